The van der Waals surface area contributed by atoms with E-state index >= 15 is 0 Å². The number of nitrogen functional groups attached to an aromatic ring is 1. The highest BCUT2D eigenvalue weighted by Crippen LogP contribution is 2.27. The molecule has 17 heavy (non-hydrogen) atoms. The minimum absolute atomic E-state index is 0.626. The number of benzene rings is 1. The summed E-state index contributed by atoms with van der Waals surface area (Å²) >= 11 is 13.4. The first kappa shape index (κ1) is 12.5. The van der Waals surface area contributed by atoms with Crippen molar-refractivity contribution in [3.8, 4) is 0 Å². The molecule has 2 aromatic rings. The normalized spacial score (nSPS) is 10.8. The van der Waals surface area contributed by atoms with Gasteiger partial charge in [-0.2, -0.15) is 0 Å². The average molecular weight is 289 g/mol. The van der Waals surface area contributed by atoms with Crippen LogP contribution in [0.5, 0.6) is 0 Å². The van der Waals surface area contributed by atoms with Crippen LogP contribution >= 0.6 is 35.0 Å². The van der Waals surface area contributed by atoms with Crippen molar-refractivity contribution in [2.45, 2.75) is 17.8 Å². The summed E-state index contributed by atoms with van der Waals surface area (Å²) in [5.41, 5.74) is 0.988. The molecule has 0 aliphatic heterocycles. The lowest BCUT2D eigenvalue weighted by molar-refractivity contribution is 0.825. The summed E-state index contributed by atoms with van der Waals surface area (Å²) < 4.78 is 1.45. The third-order valence-electron chi connectivity index (χ3n) is 2.21. The van der Waals surface area contributed by atoms with E-state index in [-0.39, 0.29) is 0 Å². The molecule has 0 amide bonds. The highest BCUT2D eigenvalue weighted by molar-refractivity contribution is 7.98. The Kier molecular flexibility index (Phi) is 3.81. The number of hydrogen-bond acceptors (Lipinski definition) is 4. The molecule has 0 bridgehead atoms. The molecule has 1 heterocycles. The average Bonchev–Trinajstić information content (AvgIpc) is 2.59. The topological polar surface area (TPSA) is 56.7 Å². The van der Waals surface area contributed by atoms with Gasteiger partial charge in [-0.15, -0.1) is 10.2 Å². The molecule has 2 N–H and O–H groups in total. The summed E-state index contributed by atoms with van der Waals surface area (Å²) in [5, 5.41) is 9.77. The van der Waals surface area contributed by atoms with Gasteiger partial charge in [0.25, 0.3) is 0 Å². The number of rotatable bonds is 3. The van der Waals surface area contributed by atoms with E-state index in [0.29, 0.717) is 26.8 Å². The Morgan fingerprint density at radius 1 is 1.35 bits per heavy atom. The van der Waals surface area contributed by atoms with Crippen LogP contribution in [0.15, 0.2) is 23.4 Å². The molecule has 0 atom stereocenters. The standard InChI is InChI=1S/C10H10Cl2N4S/c1-6-14-15-10(16(6)13)17-5-7-2-3-8(11)4-9(7)12/h2-4H,5,13H2,1H3. The first-order valence-corrected chi connectivity index (χ1v) is 6.56. The highest BCUT2D eigenvalue weighted by atomic mass is 35.5. The monoisotopic (exact) mass is 288 g/mol. The van der Waals surface area contributed by atoms with Crippen molar-refractivity contribution in [2.75, 3.05) is 5.84 Å². The van der Waals surface area contributed by atoms with E-state index in [0.717, 1.165) is 5.56 Å². The number of halogens is 2. The second-order valence-corrected chi connectivity index (χ2v) is 5.21. The van der Waals surface area contributed by atoms with E-state index in [4.69, 9.17) is 29.0 Å². The van der Waals surface area contributed by atoms with Crippen LogP contribution in [-0.4, -0.2) is 14.9 Å². The van der Waals surface area contributed by atoms with Crippen molar-refractivity contribution in [1.29, 1.82) is 0 Å². The molecule has 0 aliphatic rings. The highest BCUT2D eigenvalue weighted by Gasteiger charge is 2.08. The van der Waals surface area contributed by atoms with Crippen molar-refractivity contribution in [3.63, 3.8) is 0 Å². The molecule has 2 rings (SSSR count). The fraction of sp³-hybridized carbons (Fsp3) is 0.200. The van der Waals surface area contributed by atoms with Crippen LogP contribution in [0, 0.1) is 6.92 Å². The third kappa shape index (κ3) is 2.86. The molecule has 1 aromatic heterocycles. The first-order chi connectivity index (χ1) is 8.08. The predicted octanol–water partition coefficient (Wildman–Crippen LogP) is 2.90. The molecule has 0 aliphatic carbocycles. The Bertz CT molecular complexity index is 541. The smallest absolute Gasteiger partial charge is 0.210 e. The van der Waals surface area contributed by atoms with Crippen molar-refractivity contribution in [3.05, 3.63) is 39.6 Å². The number of nitrogens with two attached hydrogens (primary N) is 1. The molecule has 90 valence electrons. The lowest BCUT2D eigenvalue weighted by Gasteiger charge is -2.04. The van der Waals surface area contributed by atoms with E-state index in [9.17, 15) is 0 Å². The van der Waals surface area contributed by atoms with E-state index in [1.54, 1.807) is 13.0 Å². The van der Waals surface area contributed by atoms with Crippen LogP contribution in [0.3, 0.4) is 0 Å². The fourth-order valence-electron chi connectivity index (χ4n) is 1.23. The van der Waals surface area contributed by atoms with Crippen LogP contribution in [-0.2, 0) is 5.75 Å². The van der Waals surface area contributed by atoms with Gasteiger partial charge in [0.15, 0.2) is 0 Å². The van der Waals surface area contributed by atoms with Crippen LogP contribution in [0.25, 0.3) is 0 Å². The zero-order valence-corrected chi connectivity index (χ0v) is 11.4. The number of hydrogen-bond donors (Lipinski definition) is 1. The second-order valence-electron chi connectivity index (χ2n) is 3.42. The van der Waals surface area contributed by atoms with Crippen molar-refractivity contribution < 1.29 is 0 Å². The lowest BCUT2D eigenvalue weighted by atomic mass is 10.2. The number of aromatic nitrogens is 3. The van der Waals surface area contributed by atoms with Crippen LogP contribution in [0.1, 0.15) is 11.4 Å². The quantitative estimate of drug-likeness (QED) is 0.697. The first-order valence-electron chi connectivity index (χ1n) is 4.81. The van der Waals surface area contributed by atoms with Crippen molar-refractivity contribution in [1.82, 2.24) is 14.9 Å². The summed E-state index contributed by atoms with van der Waals surface area (Å²) in [5.74, 6) is 7.09. The Balaban J connectivity index is 2.10. The maximum atomic E-state index is 6.07. The molecule has 0 saturated heterocycles. The van der Waals surface area contributed by atoms with Gasteiger partial charge >= 0.3 is 0 Å². The fourth-order valence-corrected chi connectivity index (χ4v) is 2.69. The molecule has 0 saturated carbocycles. The van der Waals surface area contributed by atoms with Gasteiger partial charge in [0, 0.05) is 15.8 Å². The Morgan fingerprint density at radius 3 is 2.71 bits per heavy atom. The van der Waals surface area contributed by atoms with Crippen molar-refractivity contribution >= 4 is 35.0 Å². The molecule has 4 nitrogen and oxygen atoms in total. The van der Waals surface area contributed by atoms with Gasteiger partial charge in [-0.1, -0.05) is 41.0 Å². The maximum absolute atomic E-state index is 6.07. The molecule has 1 aromatic carbocycles. The molecule has 0 spiro atoms. The summed E-state index contributed by atoms with van der Waals surface area (Å²) in [7, 11) is 0. The Hall–Kier alpha value is -0.910. The van der Waals surface area contributed by atoms with E-state index in [1.807, 2.05) is 12.1 Å². The van der Waals surface area contributed by atoms with E-state index < -0.39 is 0 Å². The molecule has 0 unspecified atom stereocenters. The predicted molar refractivity (Wildman–Crippen MR) is 70.9 cm³/mol. The zero-order valence-electron chi connectivity index (χ0n) is 9.02. The van der Waals surface area contributed by atoms with Crippen LogP contribution < -0.4 is 5.84 Å². The number of nitrogens with zero attached hydrogens (tertiary/aromatic N) is 3. The molecule has 7 heteroatoms. The largest absolute Gasteiger partial charge is 0.336 e. The van der Waals surface area contributed by atoms with Gasteiger partial charge in [0.2, 0.25) is 5.16 Å². The zero-order chi connectivity index (χ0) is 12.4. The lowest BCUT2D eigenvalue weighted by Crippen LogP contribution is -2.11. The summed E-state index contributed by atoms with van der Waals surface area (Å²) in [6.07, 6.45) is 0. The number of thioether (sulfide) groups is 1. The van der Waals surface area contributed by atoms with Gasteiger partial charge < -0.3 is 5.84 Å². The van der Waals surface area contributed by atoms with Crippen molar-refractivity contribution in [2.24, 2.45) is 0 Å². The molecular formula is C10H10Cl2N4S. The molecule has 0 radical (unpaired) electrons. The minimum Gasteiger partial charge on any atom is -0.336 e. The van der Waals surface area contributed by atoms with Gasteiger partial charge in [-0.3, -0.25) is 0 Å². The maximum Gasteiger partial charge on any atom is 0.210 e. The van der Waals surface area contributed by atoms with Gasteiger partial charge in [0.1, 0.15) is 5.82 Å². The summed E-state index contributed by atoms with van der Waals surface area (Å²) in [4.78, 5) is 0. The van der Waals surface area contributed by atoms with E-state index in [2.05, 4.69) is 10.2 Å². The minimum atomic E-state index is 0.626. The van der Waals surface area contributed by atoms with E-state index in [1.165, 1.54) is 16.4 Å². The van der Waals surface area contributed by atoms with Gasteiger partial charge in [0.05, 0.1) is 0 Å². The third-order valence-corrected chi connectivity index (χ3v) is 3.79. The van der Waals surface area contributed by atoms with Crippen LogP contribution in [0.4, 0.5) is 0 Å². The van der Waals surface area contributed by atoms with Gasteiger partial charge in [-0.25, -0.2) is 4.68 Å². The second kappa shape index (κ2) is 5.16. The molecule has 0 fully saturated rings. The Morgan fingerprint density at radius 2 is 2.12 bits per heavy atom. The summed E-state index contributed by atoms with van der Waals surface area (Å²) in [6, 6.07) is 5.42. The number of aryl methyl sites for hydroxylation is 1. The summed E-state index contributed by atoms with van der Waals surface area (Å²) in [6.45, 7) is 1.80. The van der Waals surface area contributed by atoms with Gasteiger partial charge in [-0.05, 0) is 24.6 Å². The SMILES string of the molecule is Cc1nnc(SCc2ccc(Cl)cc2Cl)n1N. The Labute approximate surface area is 113 Å². The van der Waals surface area contributed by atoms with Crippen LogP contribution in [0.2, 0.25) is 10.0 Å². The molecular weight excluding hydrogens is 279 g/mol.